The molecular weight excluding hydrogens is 506 g/mol. The molecule has 0 radical (unpaired) electrons. The average molecular weight is 522 g/mol. The topological polar surface area (TPSA) is 71.3 Å². The summed E-state index contributed by atoms with van der Waals surface area (Å²) < 4.78 is 11.2. The van der Waals surface area contributed by atoms with Crippen LogP contribution in [0.3, 0.4) is 0 Å². The minimum atomic E-state index is -0.659. The van der Waals surface area contributed by atoms with Crippen LogP contribution >= 0.6 is 46.4 Å². The normalized spacial score (nSPS) is 11.0. The first-order valence-corrected chi connectivity index (χ1v) is 11.0. The van der Waals surface area contributed by atoms with Crippen molar-refractivity contribution in [2.75, 3.05) is 12.4 Å². The van der Waals surface area contributed by atoms with Crippen molar-refractivity contribution in [3.8, 4) is 17.6 Å². The van der Waals surface area contributed by atoms with Crippen molar-refractivity contribution in [2.45, 2.75) is 6.61 Å². The molecule has 0 aliphatic rings. The maximum atomic E-state index is 12.6. The molecule has 1 N–H and O–H groups in total. The van der Waals surface area contributed by atoms with Gasteiger partial charge in [0, 0.05) is 15.6 Å². The average Bonchev–Trinajstić information content (AvgIpc) is 2.79. The molecule has 0 fully saturated rings. The molecule has 3 rings (SSSR count). The van der Waals surface area contributed by atoms with Crippen LogP contribution < -0.4 is 14.8 Å². The van der Waals surface area contributed by atoms with Gasteiger partial charge in [-0.3, -0.25) is 4.79 Å². The first kappa shape index (κ1) is 24.8. The number of para-hydroxylation sites is 1. The number of anilines is 1. The van der Waals surface area contributed by atoms with E-state index in [1.165, 1.54) is 13.2 Å². The molecule has 0 aliphatic heterocycles. The lowest BCUT2D eigenvalue weighted by Gasteiger charge is -2.13. The highest BCUT2D eigenvalue weighted by Crippen LogP contribution is 2.33. The summed E-state index contributed by atoms with van der Waals surface area (Å²) in [4.78, 5) is 12.6. The summed E-state index contributed by atoms with van der Waals surface area (Å²) in [6.07, 6.45) is 1.41. The van der Waals surface area contributed by atoms with Gasteiger partial charge in [-0.25, -0.2) is 0 Å². The molecule has 0 saturated carbocycles. The zero-order chi connectivity index (χ0) is 24.0. The second-order valence-electron chi connectivity index (χ2n) is 6.62. The third-order valence-corrected chi connectivity index (χ3v) is 5.84. The van der Waals surface area contributed by atoms with Gasteiger partial charge < -0.3 is 14.8 Å². The van der Waals surface area contributed by atoms with E-state index in [1.54, 1.807) is 54.6 Å². The summed E-state index contributed by atoms with van der Waals surface area (Å²) in [5.74, 6) is 0.184. The van der Waals surface area contributed by atoms with Crippen molar-refractivity contribution in [1.82, 2.24) is 0 Å². The van der Waals surface area contributed by atoms with Crippen LogP contribution in [-0.2, 0) is 11.4 Å². The molecule has 0 atom stereocenters. The van der Waals surface area contributed by atoms with Crippen molar-refractivity contribution in [2.24, 2.45) is 0 Å². The molecule has 0 aliphatic carbocycles. The van der Waals surface area contributed by atoms with Crippen LogP contribution in [0, 0.1) is 11.3 Å². The van der Waals surface area contributed by atoms with Gasteiger partial charge in [-0.15, -0.1) is 0 Å². The van der Waals surface area contributed by atoms with Crippen LogP contribution in [-0.4, -0.2) is 13.0 Å². The highest BCUT2D eigenvalue weighted by atomic mass is 35.5. The number of carbonyl (C=O) groups excluding carboxylic acids is 1. The molecule has 3 aromatic rings. The summed E-state index contributed by atoms with van der Waals surface area (Å²) in [6, 6.07) is 16.8. The Hall–Kier alpha value is -2.88. The van der Waals surface area contributed by atoms with E-state index in [9.17, 15) is 10.1 Å². The molecule has 0 unspecified atom stereocenters. The number of nitrogens with zero attached hydrogens (tertiary/aromatic N) is 1. The molecule has 3 aromatic carbocycles. The van der Waals surface area contributed by atoms with Crippen molar-refractivity contribution < 1.29 is 14.3 Å². The molecule has 0 bridgehead atoms. The summed E-state index contributed by atoms with van der Waals surface area (Å²) in [5, 5.41) is 13.5. The van der Waals surface area contributed by atoms with Gasteiger partial charge in [0.15, 0.2) is 11.5 Å². The molecule has 0 saturated heterocycles. The predicted molar refractivity (Wildman–Crippen MR) is 132 cm³/mol. The number of halogens is 4. The van der Waals surface area contributed by atoms with Crippen molar-refractivity contribution in [1.29, 1.82) is 5.26 Å². The molecule has 168 valence electrons. The highest BCUT2D eigenvalue weighted by molar-refractivity contribution is 6.40. The molecule has 9 heteroatoms. The van der Waals surface area contributed by atoms with Crippen LogP contribution in [0.25, 0.3) is 6.08 Å². The Morgan fingerprint density at radius 3 is 2.15 bits per heavy atom. The van der Waals surface area contributed by atoms with Crippen LogP contribution in [0.5, 0.6) is 11.5 Å². The van der Waals surface area contributed by atoms with E-state index in [2.05, 4.69) is 5.32 Å². The van der Waals surface area contributed by atoms with Gasteiger partial charge >= 0.3 is 0 Å². The SMILES string of the molecule is COc1ccc(/C=C(\C#N)C(=O)Nc2c(Cl)cccc2Cl)cc1OCc1c(Cl)cccc1Cl. The maximum absolute atomic E-state index is 12.6. The Morgan fingerprint density at radius 2 is 1.58 bits per heavy atom. The van der Waals surface area contributed by atoms with Gasteiger partial charge in [-0.1, -0.05) is 64.6 Å². The molecule has 0 aromatic heterocycles. The summed E-state index contributed by atoms with van der Waals surface area (Å²) in [5.41, 5.74) is 1.23. The molecule has 0 spiro atoms. The van der Waals surface area contributed by atoms with Crippen LogP contribution in [0.15, 0.2) is 60.2 Å². The van der Waals surface area contributed by atoms with Gasteiger partial charge in [0.1, 0.15) is 18.2 Å². The number of benzene rings is 3. The maximum Gasteiger partial charge on any atom is 0.266 e. The largest absolute Gasteiger partial charge is 0.493 e. The van der Waals surface area contributed by atoms with E-state index in [4.69, 9.17) is 55.9 Å². The van der Waals surface area contributed by atoms with Gasteiger partial charge in [-0.05, 0) is 48.0 Å². The lowest BCUT2D eigenvalue weighted by molar-refractivity contribution is -0.112. The van der Waals surface area contributed by atoms with Crippen LogP contribution in [0.4, 0.5) is 5.69 Å². The van der Waals surface area contributed by atoms with Gasteiger partial charge in [-0.2, -0.15) is 5.26 Å². The smallest absolute Gasteiger partial charge is 0.266 e. The number of nitriles is 1. The number of methoxy groups -OCH3 is 1. The van der Waals surface area contributed by atoms with Gasteiger partial charge in [0.05, 0.1) is 22.8 Å². The highest BCUT2D eigenvalue weighted by Gasteiger charge is 2.15. The minimum absolute atomic E-state index is 0.0959. The standard InChI is InChI=1S/C24H16Cl4N2O3/c1-32-21-9-8-14(11-22(21)33-13-16-17(25)4-2-5-18(16)26)10-15(12-29)24(31)30-23-19(27)6-3-7-20(23)28/h2-11H,13H2,1H3,(H,30,31)/b15-10+. The summed E-state index contributed by atoms with van der Waals surface area (Å²) in [7, 11) is 1.50. The van der Waals surface area contributed by atoms with E-state index in [-0.39, 0.29) is 27.9 Å². The Morgan fingerprint density at radius 1 is 0.970 bits per heavy atom. The first-order valence-electron chi connectivity index (χ1n) is 9.45. The number of nitrogens with one attached hydrogen (secondary N) is 1. The Kier molecular flexibility index (Phi) is 8.49. The van der Waals surface area contributed by atoms with Crippen molar-refractivity contribution in [3.05, 3.63) is 91.4 Å². The second kappa shape index (κ2) is 11.3. The summed E-state index contributed by atoms with van der Waals surface area (Å²) in [6.45, 7) is 0.0959. The van der Waals surface area contributed by atoms with Crippen LogP contribution in [0.1, 0.15) is 11.1 Å². The monoisotopic (exact) mass is 520 g/mol. The van der Waals surface area contributed by atoms with E-state index in [0.29, 0.717) is 32.7 Å². The van der Waals surface area contributed by atoms with E-state index in [1.807, 2.05) is 6.07 Å². The van der Waals surface area contributed by atoms with E-state index < -0.39 is 5.91 Å². The molecule has 1 amide bonds. The molecule has 33 heavy (non-hydrogen) atoms. The molecule has 5 nitrogen and oxygen atoms in total. The fraction of sp³-hybridized carbons (Fsp3) is 0.0833. The number of hydrogen-bond donors (Lipinski definition) is 1. The van der Waals surface area contributed by atoms with Gasteiger partial charge in [0.2, 0.25) is 0 Å². The van der Waals surface area contributed by atoms with Crippen molar-refractivity contribution >= 4 is 64.1 Å². The second-order valence-corrected chi connectivity index (χ2v) is 8.25. The molecular formula is C24H16Cl4N2O3. The third kappa shape index (κ3) is 6.13. The van der Waals surface area contributed by atoms with E-state index >= 15 is 0 Å². The fourth-order valence-electron chi connectivity index (χ4n) is 2.83. The number of rotatable bonds is 7. The zero-order valence-corrected chi connectivity index (χ0v) is 20.2. The Balaban J connectivity index is 1.86. The number of ether oxygens (including phenoxy) is 2. The first-order chi connectivity index (χ1) is 15.8. The molecule has 0 heterocycles. The quantitative estimate of drug-likeness (QED) is 0.259. The number of hydrogen-bond acceptors (Lipinski definition) is 4. The van der Waals surface area contributed by atoms with Crippen molar-refractivity contribution in [3.63, 3.8) is 0 Å². The van der Waals surface area contributed by atoms with Gasteiger partial charge in [0.25, 0.3) is 5.91 Å². The third-order valence-electron chi connectivity index (χ3n) is 4.50. The number of carbonyl (C=O) groups is 1. The zero-order valence-electron chi connectivity index (χ0n) is 17.2. The fourth-order valence-corrected chi connectivity index (χ4v) is 3.83. The predicted octanol–water partition coefficient (Wildman–Crippen LogP) is 7.43. The number of amides is 1. The Bertz CT molecular complexity index is 1230. The van der Waals surface area contributed by atoms with Crippen LogP contribution in [0.2, 0.25) is 20.1 Å². The minimum Gasteiger partial charge on any atom is -0.493 e. The van der Waals surface area contributed by atoms with E-state index in [0.717, 1.165) is 0 Å². The Labute approximate surface area is 211 Å². The lowest BCUT2D eigenvalue weighted by atomic mass is 10.1. The lowest BCUT2D eigenvalue weighted by Crippen LogP contribution is -2.14. The summed E-state index contributed by atoms with van der Waals surface area (Å²) >= 11 is 24.6.